The van der Waals surface area contributed by atoms with E-state index in [-0.39, 0.29) is 0 Å². The fourth-order valence-corrected chi connectivity index (χ4v) is 7.82. The van der Waals surface area contributed by atoms with Crippen LogP contribution in [0, 0.1) is 5.92 Å². The summed E-state index contributed by atoms with van der Waals surface area (Å²) in [6.45, 7) is 0. The molecule has 2 aliphatic carbocycles. The second kappa shape index (κ2) is 7.06. The van der Waals surface area contributed by atoms with Gasteiger partial charge in [0.1, 0.15) is 0 Å². The molecular weight excluding hydrogens is 240 g/mol. The molecule has 0 bridgehead atoms. The minimum Gasteiger partial charge on any atom is -0.397 e. The highest BCUT2D eigenvalue weighted by atomic mass is 28.4. The van der Waals surface area contributed by atoms with Gasteiger partial charge in [0, 0.05) is 19.8 Å². The third kappa shape index (κ3) is 3.37. The molecule has 0 aromatic rings. The van der Waals surface area contributed by atoms with E-state index in [1.165, 1.54) is 70.3 Å². The highest BCUT2D eigenvalue weighted by Gasteiger charge is 2.45. The van der Waals surface area contributed by atoms with E-state index in [0.717, 1.165) is 11.5 Å². The molecule has 0 aromatic carbocycles. The molecule has 0 unspecified atom stereocenters. The van der Waals surface area contributed by atoms with E-state index in [2.05, 4.69) is 0 Å². The van der Waals surface area contributed by atoms with Crippen molar-refractivity contribution in [1.82, 2.24) is 0 Å². The molecule has 2 saturated carbocycles. The number of rotatable bonds is 6. The second-order valence-electron chi connectivity index (χ2n) is 6.24. The molecule has 2 aliphatic rings. The Labute approximate surface area is 114 Å². The van der Waals surface area contributed by atoms with Crippen LogP contribution in [0.1, 0.15) is 64.2 Å². The fourth-order valence-electron chi connectivity index (χ4n) is 4.07. The molecule has 2 fully saturated rings. The van der Waals surface area contributed by atoms with E-state index >= 15 is 0 Å². The van der Waals surface area contributed by atoms with Gasteiger partial charge in [-0.1, -0.05) is 44.9 Å². The summed E-state index contributed by atoms with van der Waals surface area (Å²) in [5.74, 6) is 0.956. The predicted octanol–water partition coefficient (Wildman–Crippen LogP) is 4.64. The summed E-state index contributed by atoms with van der Waals surface area (Å²) in [5, 5.41) is 0. The van der Waals surface area contributed by atoms with Crippen LogP contribution >= 0.6 is 0 Å². The Morgan fingerprint density at radius 3 is 1.94 bits per heavy atom. The lowest BCUT2D eigenvalue weighted by atomic mass is 9.88. The van der Waals surface area contributed by atoms with Crippen LogP contribution in [0.2, 0.25) is 11.6 Å². The van der Waals surface area contributed by atoms with E-state index < -0.39 is 8.56 Å². The molecule has 0 amide bonds. The first-order valence-electron chi connectivity index (χ1n) is 7.91. The zero-order valence-corrected chi connectivity index (χ0v) is 13.2. The third-order valence-corrected chi connectivity index (χ3v) is 9.48. The van der Waals surface area contributed by atoms with Gasteiger partial charge in [0.05, 0.1) is 0 Å². The third-order valence-electron chi connectivity index (χ3n) is 5.29. The molecule has 2 nitrogen and oxygen atoms in total. The van der Waals surface area contributed by atoms with Gasteiger partial charge in [-0.05, 0) is 31.2 Å². The zero-order valence-electron chi connectivity index (χ0n) is 12.2. The highest BCUT2D eigenvalue weighted by Crippen LogP contribution is 2.43. The first-order chi connectivity index (χ1) is 8.80. The van der Waals surface area contributed by atoms with E-state index in [0.29, 0.717) is 0 Å². The SMILES string of the molecule is CO[Si](CCC1CCCCC1)(OC)C1CCCC1. The van der Waals surface area contributed by atoms with Crippen LogP contribution in [-0.2, 0) is 8.85 Å². The van der Waals surface area contributed by atoms with Crippen LogP contribution in [0.4, 0.5) is 0 Å². The van der Waals surface area contributed by atoms with Crippen molar-refractivity contribution in [2.75, 3.05) is 14.2 Å². The van der Waals surface area contributed by atoms with Gasteiger partial charge in [0.15, 0.2) is 0 Å². The maximum Gasteiger partial charge on any atom is 0.340 e. The average Bonchev–Trinajstić information content (AvgIpc) is 2.96. The lowest BCUT2D eigenvalue weighted by molar-refractivity contribution is 0.220. The summed E-state index contributed by atoms with van der Waals surface area (Å²) in [6.07, 6.45) is 14.1. The van der Waals surface area contributed by atoms with Gasteiger partial charge in [0.2, 0.25) is 0 Å². The van der Waals surface area contributed by atoms with E-state index in [1.54, 1.807) is 0 Å². The second-order valence-corrected chi connectivity index (χ2v) is 10.0. The summed E-state index contributed by atoms with van der Waals surface area (Å²) in [4.78, 5) is 0. The van der Waals surface area contributed by atoms with Crippen molar-refractivity contribution < 1.29 is 8.85 Å². The molecule has 0 N–H and O–H groups in total. The zero-order chi connectivity index (χ0) is 12.8. The first kappa shape index (κ1) is 14.5. The number of hydrogen-bond acceptors (Lipinski definition) is 2. The van der Waals surface area contributed by atoms with Crippen molar-refractivity contribution in [2.24, 2.45) is 5.92 Å². The largest absolute Gasteiger partial charge is 0.397 e. The Bertz CT molecular complexity index is 229. The average molecular weight is 270 g/mol. The van der Waals surface area contributed by atoms with Crippen LogP contribution in [0.5, 0.6) is 0 Å². The summed E-state index contributed by atoms with van der Waals surface area (Å²) in [7, 11) is 1.90. The molecular formula is C15H30O2Si. The first-order valence-corrected chi connectivity index (χ1v) is 10.0. The molecule has 3 heteroatoms. The van der Waals surface area contributed by atoms with E-state index in [4.69, 9.17) is 8.85 Å². The summed E-state index contributed by atoms with van der Waals surface area (Å²) in [5.41, 5.74) is 0.760. The monoisotopic (exact) mass is 270 g/mol. The van der Waals surface area contributed by atoms with Crippen molar-refractivity contribution >= 4 is 8.56 Å². The lowest BCUT2D eigenvalue weighted by Crippen LogP contribution is -2.44. The molecule has 18 heavy (non-hydrogen) atoms. The molecule has 0 aromatic heterocycles. The highest BCUT2D eigenvalue weighted by molar-refractivity contribution is 6.69. The Morgan fingerprint density at radius 1 is 0.833 bits per heavy atom. The van der Waals surface area contributed by atoms with Gasteiger partial charge in [-0.2, -0.15) is 0 Å². The van der Waals surface area contributed by atoms with E-state index in [9.17, 15) is 0 Å². The smallest absolute Gasteiger partial charge is 0.340 e. The molecule has 106 valence electrons. The minimum atomic E-state index is -1.89. The Morgan fingerprint density at radius 2 is 1.39 bits per heavy atom. The van der Waals surface area contributed by atoms with Gasteiger partial charge in [-0.25, -0.2) is 0 Å². The van der Waals surface area contributed by atoms with Gasteiger partial charge in [-0.15, -0.1) is 0 Å². The Kier molecular flexibility index (Phi) is 5.71. The maximum atomic E-state index is 5.98. The van der Waals surface area contributed by atoms with Gasteiger partial charge >= 0.3 is 8.56 Å². The molecule has 0 saturated heterocycles. The molecule has 0 heterocycles. The Balaban J connectivity index is 1.87. The predicted molar refractivity (Wildman–Crippen MR) is 78.0 cm³/mol. The van der Waals surface area contributed by atoms with Crippen LogP contribution in [0.25, 0.3) is 0 Å². The van der Waals surface area contributed by atoms with Crippen molar-refractivity contribution in [3.05, 3.63) is 0 Å². The molecule has 0 atom stereocenters. The molecule has 0 spiro atoms. The summed E-state index contributed by atoms with van der Waals surface area (Å²) < 4.78 is 12.0. The van der Waals surface area contributed by atoms with Crippen LogP contribution in [-0.4, -0.2) is 22.8 Å². The lowest BCUT2D eigenvalue weighted by Gasteiger charge is -2.34. The fraction of sp³-hybridized carbons (Fsp3) is 1.00. The maximum absolute atomic E-state index is 5.98. The molecule has 0 radical (unpaired) electrons. The van der Waals surface area contributed by atoms with Crippen molar-refractivity contribution in [1.29, 1.82) is 0 Å². The van der Waals surface area contributed by atoms with Crippen molar-refractivity contribution in [2.45, 2.75) is 75.8 Å². The normalized spacial score (nSPS) is 23.7. The van der Waals surface area contributed by atoms with Gasteiger partial charge in [-0.3, -0.25) is 0 Å². The van der Waals surface area contributed by atoms with Crippen molar-refractivity contribution in [3.63, 3.8) is 0 Å². The minimum absolute atomic E-state index is 0.760. The van der Waals surface area contributed by atoms with Gasteiger partial charge in [0.25, 0.3) is 0 Å². The Hall–Kier alpha value is 0.137. The van der Waals surface area contributed by atoms with Crippen LogP contribution < -0.4 is 0 Å². The van der Waals surface area contributed by atoms with Gasteiger partial charge < -0.3 is 8.85 Å². The quantitative estimate of drug-likeness (QED) is 0.655. The number of hydrogen-bond donors (Lipinski definition) is 0. The standard InChI is InChI=1S/C15H30O2Si/c1-16-18(17-2,15-10-6-7-11-15)13-12-14-8-4-3-5-9-14/h14-15H,3-13H2,1-2H3. The van der Waals surface area contributed by atoms with Crippen LogP contribution in [0.3, 0.4) is 0 Å². The van der Waals surface area contributed by atoms with E-state index in [1.807, 2.05) is 14.2 Å². The van der Waals surface area contributed by atoms with Crippen LogP contribution in [0.15, 0.2) is 0 Å². The molecule has 2 rings (SSSR count). The summed E-state index contributed by atoms with van der Waals surface area (Å²) in [6, 6.07) is 1.23. The molecule has 0 aliphatic heterocycles. The van der Waals surface area contributed by atoms with Crippen molar-refractivity contribution in [3.8, 4) is 0 Å². The topological polar surface area (TPSA) is 18.5 Å². The summed E-state index contributed by atoms with van der Waals surface area (Å²) >= 11 is 0.